The van der Waals surface area contributed by atoms with Crippen LogP contribution in [0.25, 0.3) is 10.8 Å². The van der Waals surface area contributed by atoms with Gasteiger partial charge < -0.3 is 10.6 Å². The molecule has 0 radical (unpaired) electrons. The van der Waals surface area contributed by atoms with Crippen molar-refractivity contribution >= 4 is 22.6 Å². The average Bonchev–Trinajstić information content (AvgIpc) is 2.65. The van der Waals surface area contributed by atoms with Crippen LogP contribution in [0.3, 0.4) is 0 Å². The predicted octanol–water partition coefficient (Wildman–Crippen LogP) is 1.45. The number of carbonyl (C=O) groups is 2. The maximum Gasteiger partial charge on any atom is 0.275 e. The van der Waals surface area contributed by atoms with E-state index in [0.29, 0.717) is 16.7 Å². The zero-order valence-corrected chi connectivity index (χ0v) is 15.1. The molecule has 1 aliphatic carbocycles. The second kappa shape index (κ2) is 7.68. The molecule has 3 rings (SSSR count). The summed E-state index contributed by atoms with van der Waals surface area (Å²) >= 11 is 0. The quantitative estimate of drug-likeness (QED) is 0.867. The summed E-state index contributed by atoms with van der Waals surface area (Å²) in [6.07, 6.45) is 4.34. The molecule has 0 spiro atoms. The topological polar surface area (TPSA) is 93.1 Å². The van der Waals surface area contributed by atoms with Gasteiger partial charge >= 0.3 is 0 Å². The minimum atomic E-state index is -0.392. The summed E-state index contributed by atoms with van der Waals surface area (Å²) in [6.45, 7) is 1.94. The number of fused-ring (bicyclic) bond motifs is 1. The van der Waals surface area contributed by atoms with Gasteiger partial charge in [-0.05, 0) is 24.8 Å². The summed E-state index contributed by atoms with van der Waals surface area (Å²) in [4.78, 5) is 37.3. The first-order chi connectivity index (χ1) is 12.5. The SMILES string of the molecule is CNC(=O)c1nn(CC(=O)N[C@H]2CCCC[C@@H]2C)c(=O)c2ccccc12. The van der Waals surface area contributed by atoms with Gasteiger partial charge in [0.05, 0.1) is 5.39 Å². The minimum Gasteiger partial charge on any atom is -0.354 e. The second-order valence-corrected chi connectivity index (χ2v) is 6.87. The first-order valence-electron chi connectivity index (χ1n) is 9.02. The molecule has 1 fully saturated rings. The second-order valence-electron chi connectivity index (χ2n) is 6.87. The van der Waals surface area contributed by atoms with Gasteiger partial charge in [0.2, 0.25) is 5.91 Å². The molecule has 7 nitrogen and oxygen atoms in total. The van der Waals surface area contributed by atoms with E-state index in [1.54, 1.807) is 24.3 Å². The van der Waals surface area contributed by atoms with Gasteiger partial charge in [-0.25, -0.2) is 4.68 Å². The average molecular weight is 356 g/mol. The highest BCUT2D eigenvalue weighted by atomic mass is 16.2. The van der Waals surface area contributed by atoms with Crippen molar-refractivity contribution in [1.29, 1.82) is 0 Å². The van der Waals surface area contributed by atoms with Crippen LogP contribution in [0, 0.1) is 5.92 Å². The smallest absolute Gasteiger partial charge is 0.275 e. The summed E-state index contributed by atoms with van der Waals surface area (Å²) in [5.74, 6) is -0.219. The molecule has 0 saturated heterocycles. The summed E-state index contributed by atoms with van der Waals surface area (Å²) in [5.41, 5.74) is -0.235. The van der Waals surface area contributed by atoms with E-state index in [1.807, 2.05) is 0 Å². The fourth-order valence-electron chi connectivity index (χ4n) is 3.55. The number of hydrogen-bond donors (Lipinski definition) is 2. The standard InChI is InChI=1S/C19H24N4O3/c1-12-7-3-6-10-15(12)21-16(24)11-23-19(26)14-9-5-4-8-13(14)17(22-23)18(25)20-2/h4-5,8-9,12,15H,3,6-7,10-11H2,1-2H3,(H,20,25)(H,21,24)/t12-,15-/m0/s1. The molecule has 2 amide bonds. The number of nitrogens with zero attached hydrogens (tertiary/aromatic N) is 2. The number of benzene rings is 1. The lowest BCUT2D eigenvalue weighted by molar-refractivity contribution is -0.123. The number of aromatic nitrogens is 2. The Balaban J connectivity index is 1.89. The predicted molar refractivity (Wildman–Crippen MR) is 99.0 cm³/mol. The first kappa shape index (κ1) is 18.1. The Morgan fingerprint density at radius 1 is 1.19 bits per heavy atom. The largest absolute Gasteiger partial charge is 0.354 e. The van der Waals surface area contributed by atoms with Crippen LogP contribution >= 0.6 is 0 Å². The Labute approximate surface area is 151 Å². The molecule has 1 aromatic heterocycles. The Bertz CT molecular complexity index is 890. The Morgan fingerprint density at radius 3 is 2.58 bits per heavy atom. The maximum absolute atomic E-state index is 12.7. The van der Waals surface area contributed by atoms with Crippen molar-refractivity contribution in [1.82, 2.24) is 20.4 Å². The number of amides is 2. The molecule has 2 aromatic rings. The lowest BCUT2D eigenvalue weighted by Gasteiger charge is -2.29. The van der Waals surface area contributed by atoms with Crippen molar-refractivity contribution < 1.29 is 9.59 Å². The maximum atomic E-state index is 12.7. The van der Waals surface area contributed by atoms with Gasteiger partial charge in [0.1, 0.15) is 6.54 Å². The van der Waals surface area contributed by atoms with Gasteiger partial charge in [-0.3, -0.25) is 14.4 Å². The van der Waals surface area contributed by atoms with Gasteiger partial charge in [0.15, 0.2) is 5.69 Å². The molecule has 2 atom stereocenters. The minimum absolute atomic E-state index is 0.130. The van der Waals surface area contributed by atoms with Gasteiger partial charge in [-0.15, -0.1) is 0 Å². The molecule has 1 heterocycles. The summed E-state index contributed by atoms with van der Waals surface area (Å²) in [5, 5.41) is 10.6. The Kier molecular flexibility index (Phi) is 5.35. The summed E-state index contributed by atoms with van der Waals surface area (Å²) < 4.78 is 1.08. The van der Waals surface area contributed by atoms with Gasteiger partial charge in [-0.2, -0.15) is 5.10 Å². The van der Waals surface area contributed by atoms with Crippen molar-refractivity contribution in [3.63, 3.8) is 0 Å². The zero-order chi connectivity index (χ0) is 18.7. The van der Waals surface area contributed by atoms with Crippen LogP contribution in [0.1, 0.15) is 43.1 Å². The van der Waals surface area contributed by atoms with Crippen LogP contribution < -0.4 is 16.2 Å². The van der Waals surface area contributed by atoms with E-state index < -0.39 is 5.91 Å². The van der Waals surface area contributed by atoms with Crippen LogP contribution in [-0.4, -0.2) is 34.7 Å². The van der Waals surface area contributed by atoms with Crippen LogP contribution in [0.2, 0.25) is 0 Å². The van der Waals surface area contributed by atoms with Crippen LogP contribution in [0.4, 0.5) is 0 Å². The van der Waals surface area contributed by atoms with E-state index >= 15 is 0 Å². The zero-order valence-electron chi connectivity index (χ0n) is 15.1. The van der Waals surface area contributed by atoms with Crippen LogP contribution in [0.5, 0.6) is 0 Å². The molecule has 2 N–H and O–H groups in total. The third kappa shape index (κ3) is 3.61. The van der Waals surface area contributed by atoms with Crippen molar-refractivity contribution in [2.45, 2.75) is 45.2 Å². The normalized spacial score (nSPS) is 19.9. The third-order valence-electron chi connectivity index (χ3n) is 5.06. The molecule has 1 aromatic carbocycles. The van der Waals surface area contributed by atoms with E-state index in [0.717, 1.165) is 23.9 Å². The Hall–Kier alpha value is -2.70. The highest BCUT2D eigenvalue weighted by Crippen LogP contribution is 2.23. The number of nitrogens with one attached hydrogen (secondary N) is 2. The molecule has 0 unspecified atom stereocenters. The van der Waals surface area contributed by atoms with E-state index in [2.05, 4.69) is 22.7 Å². The van der Waals surface area contributed by atoms with Gasteiger partial charge in [-0.1, -0.05) is 38.0 Å². The number of rotatable bonds is 4. The molecule has 138 valence electrons. The highest BCUT2D eigenvalue weighted by molar-refractivity contribution is 6.04. The summed E-state index contributed by atoms with van der Waals surface area (Å²) in [6, 6.07) is 6.93. The molecule has 1 saturated carbocycles. The fraction of sp³-hybridized carbons (Fsp3) is 0.474. The molecule has 26 heavy (non-hydrogen) atoms. The molecule has 0 bridgehead atoms. The van der Waals surface area contributed by atoms with Crippen molar-refractivity contribution in [2.75, 3.05) is 7.05 Å². The van der Waals surface area contributed by atoms with Gasteiger partial charge in [0.25, 0.3) is 11.5 Å². The van der Waals surface area contributed by atoms with Crippen molar-refractivity contribution in [3.05, 3.63) is 40.3 Å². The third-order valence-corrected chi connectivity index (χ3v) is 5.06. The highest BCUT2D eigenvalue weighted by Gasteiger charge is 2.23. The molecular weight excluding hydrogens is 332 g/mol. The van der Waals surface area contributed by atoms with E-state index in [1.165, 1.54) is 13.5 Å². The van der Waals surface area contributed by atoms with E-state index in [-0.39, 0.29) is 29.7 Å². The molecule has 7 heteroatoms. The number of hydrogen-bond acceptors (Lipinski definition) is 4. The monoisotopic (exact) mass is 356 g/mol. The number of carbonyl (C=O) groups excluding carboxylic acids is 2. The van der Waals surface area contributed by atoms with E-state index in [9.17, 15) is 14.4 Å². The molecule has 0 aliphatic heterocycles. The van der Waals surface area contributed by atoms with Crippen molar-refractivity contribution in [3.8, 4) is 0 Å². The summed E-state index contributed by atoms with van der Waals surface area (Å²) in [7, 11) is 1.51. The van der Waals surface area contributed by atoms with Crippen molar-refractivity contribution in [2.24, 2.45) is 5.92 Å². The molecule has 1 aliphatic rings. The first-order valence-corrected chi connectivity index (χ1v) is 9.02. The van der Waals surface area contributed by atoms with Crippen LogP contribution in [0.15, 0.2) is 29.1 Å². The van der Waals surface area contributed by atoms with Gasteiger partial charge in [0, 0.05) is 18.5 Å². The molecular formula is C19H24N4O3. The fourth-order valence-corrected chi connectivity index (χ4v) is 3.55. The van der Waals surface area contributed by atoms with Crippen LogP contribution in [-0.2, 0) is 11.3 Å². The lowest BCUT2D eigenvalue weighted by Crippen LogP contribution is -2.44. The lowest BCUT2D eigenvalue weighted by atomic mass is 9.86. The Morgan fingerprint density at radius 2 is 1.88 bits per heavy atom. The van der Waals surface area contributed by atoms with E-state index in [4.69, 9.17) is 0 Å².